The lowest BCUT2D eigenvalue weighted by Gasteiger charge is -2.09. The highest BCUT2D eigenvalue weighted by molar-refractivity contribution is 5.54. The Hall–Kier alpha value is -3.64. The van der Waals surface area contributed by atoms with Crippen molar-refractivity contribution in [1.29, 1.82) is 0 Å². The van der Waals surface area contributed by atoms with E-state index in [0.717, 1.165) is 34.2 Å². The van der Waals surface area contributed by atoms with E-state index in [1.807, 2.05) is 72.8 Å². The van der Waals surface area contributed by atoms with Crippen LogP contribution in [0, 0.1) is 0 Å². The van der Waals surface area contributed by atoms with E-state index >= 15 is 0 Å². The summed E-state index contributed by atoms with van der Waals surface area (Å²) < 4.78 is 33.5. The summed E-state index contributed by atoms with van der Waals surface area (Å²) in [5.41, 5.74) is 5.07. The molecule has 10 nitrogen and oxygen atoms in total. The Morgan fingerprint density at radius 2 is 0.714 bits per heavy atom. The van der Waals surface area contributed by atoms with Crippen molar-refractivity contribution in [3.8, 4) is 22.8 Å². The van der Waals surface area contributed by atoms with Crippen LogP contribution in [0.15, 0.2) is 85.2 Å². The van der Waals surface area contributed by atoms with Crippen LogP contribution in [0.1, 0.15) is 11.4 Å². The third-order valence-electron chi connectivity index (χ3n) is 5.83. The Morgan fingerprint density at radius 3 is 1.07 bits per heavy atom. The number of rotatable bonds is 21. The van der Waals surface area contributed by atoms with Crippen molar-refractivity contribution in [3.05, 3.63) is 96.6 Å². The molecule has 4 rings (SSSR count). The quantitative estimate of drug-likeness (QED) is 0.133. The minimum Gasteiger partial charge on any atom is -0.377 e. The Morgan fingerprint density at radius 1 is 0.357 bits per heavy atom. The van der Waals surface area contributed by atoms with Crippen molar-refractivity contribution < 1.29 is 28.4 Å². The van der Waals surface area contributed by atoms with Gasteiger partial charge in [0.2, 0.25) is 0 Å². The molecule has 0 radical (unpaired) electrons. The second-order valence-corrected chi connectivity index (χ2v) is 9.01. The van der Waals surface area contributed by atoms with E-state index in [2.05, 4.69) is 19.9 Å². The number of ether oxygens (including phenoxy) is 6. The molecule has 0 saturated carbocycles. The summed E-state index contributed by atoms with van der Waals surface area (Å²) in [4.78, 5) is 17.9. The molecule has 4 aromatic rings. The molecule has 0 atom stereocenters. The maximum absolute atomic E-state index is 5.67. The minimum absolute atomic E-state index is 0.424. The molecule has 42 heavy (non-hydrogen) atoms. The van der Waals surface area contributed by atoms with Crippen LogP contribution >= 0.6 is 0 Å². The zero-order chi connectivity index (χ0) is 28.9. The average molecular weight is 575 g/mol. The topological polar surface area (TPSA) is 107 Å². The van der Waals surface area contributed by atoms with Crippen LogP contribution in [0.2, 0.25) is 0 Å². The van der Waals surface area contributed by atoms with Crippen molar-refractivity contribution in [2.24, 2.45) is 0 Å². The first-order valence-corrected chi connectivity index (χ1v) is 14.1. The van der Waals surface area contributed by atoms with Crippen LogP contribution in [0.4, 0.5) is 0 Å². The Labute approximate surface area is 247 Å². The summed E-state index contributed by atoms with van der Waals surface area (Å²) in [7, 11) is 0. The van der Waals surface area contributed by atoms with Crippen LogP contribution in [-0.4, -0.2) is 86.0 Å². The highest BCUT2D eigenvalue weighted by atomic mass is 16.6. The molecule has 0 N–H and O–H groups in total. The fourth-order valence-corrected chi connectivity index (χ4v) is 3.78. The molecule has 4 aromatic heterocycles. The van der Waals surface area contributed by atoms with Gasteiger partial charge in [0.05, 0.1) is 113 Å². The number of hydrogen-bond donors (Lipinski definition) is 0. The van der Waals surface area contributed by atoms with Crippen LogP contribution < -0.4 is 0 Å². The van der Waals surface area contributed by atoms with E-state index in [9.17, 15) is 0 Å². The van der Waals surface area contributed by atoms with Crippen molar-refractivity contribution in [2.45, 2.75) is 13.2 Å². The second-order valence-electron chi connectivity index (χ2n) is 9.01. The van der Waals surface area contributed by atoms with Gasteiger partial charge in [0.15, 0.2) is 0 Å². The van der Waals surface area contributed by atoms with Crippen molar-refractivity contribution in [1.82, 2.24) is 19.9 Å². The van der Waals surface area contributed by atoms with Gasteiger partial charge in [-0.2, -0.15) is 0 Å². The molecule has 0 amide bonds. The lowest BCUT2D eigenvalue weighted by atomic mass is 10.2. The summed E-state index contributed by atoms with van der Waals surface area (Å²) in [5, 5.41) is 0. The molecule has 10 heteroatoms. The fourth-order valence-electron chi connectivity index (χ4n) is 3.78. The zero-order valence-corrected chi connectivity index (χ0v) is 23.8. The van der Waals surface area contributed by atoms with E-state index < -0.39 is 0 Å². The molecular formula is C32H38N4O6. The molecule has 0 aliphatic rings. The summed E-state index contributed by atoms with van der Waals surface area (Å²) >= 11 is 0. The molecule has 222 valence electrons. The van der Waals surface area contributed by atoms with Gasteiger partial charge >= 0.3 is 0 Å². The van der Waals surface area contributed by atoms with E-state index in [1.165, 1.54) is 0 Å². The number of aromatic nitrogens is 4. The highest BCUT2D eigenvalue weighted by Gasteiger charge is 2.03. The molecule has 0 spiro atoms. The smallest absolute Gasteiger partial charge is 0.0890 e. The molecule has 0 bridgehead atoms. The summed E-state index contributed by atoms with van der Waals surface area (Å²) in [6.45, 7) is 5.84. The Balaban J connectivity index is 0.898. The van der Waals surface area contributed by atoms with Crippen LogP contribution in [0.25, 0.3) is 22.8 Å². The summed E-state index contributed by atoms with van der Waals surface area (Å²) in [6, 6.07) is 23.2. The minimum atomic E-state index is 0.424. The zero-order valence-electron chi connectivity index (χ0n) is 23.8. The van der Waals surface area contributed by atoms with Crippen molar-refractivity contribution >= 4 is 0 Å². The third kappa shape index (κ3) is 12.1. The molecule has 0 aliphatic carbocycles. The normalized spacial score (nSPS) is 11.1. The van der Waals surface area contributed by atoms with Crippen molar-refractivity contribution in [2.75, 3.05) is 66.1 Å². The van der Waals surface area contributed by atoms with Crippen LogP contribution in [-0.2, 0) is 41.6 Å². The molecule has 0 unspecified atom stereocenters. The van der Waals surface area contributed by atoms with Crippen LogP contribution in [0.5, 0.6) is 0 Å². The largest absolute Gasteiger partial charge is 0.377 e. The van der Waals surface area contributed by atoms with E-state index in [-0.39, 0.29) is 0 Å². The first-order chi connectivity index (χ1) is 20.9. The highest BCUT2D eigenvalue weighted by Crippen LogP contribution is 2.15. The van der Waals surface area contributed by atoms with E-state index in [4.69, 9.17) is 28.4 Å². The van der Waals surface area contributed by atoms with E-state index in [0.29, 0.717) is 79.3 Å². The summed E-state index contributed by atoms with van der Waals surface area (Å²) in [5.74, 6) is 0. The maximum atomic E-state index is 5.67. The van der Waals surface area contributed by atoms with Gasteiger partial charge in [-0.1, -0.05) is 24.3 Å². The molecule has 0 aromatic carbocycles. The van der Waals surface area contributed by atoms with Gasteiger partial charge in [-0.3, -0.25) is 9.97 Å². The lowest BCUT2D eigenvalue weighted by Crippen LogP contribution is -2.14. The number of pyridine rings is 4. The number of nitrogens with zero attached hydrogens (tertiary/aromatic N) is 4. The fraction of sp³-hybridized carbons (Fsp3) is 0.375. The monoisotopic (exact) mass is 574 g/mol. The van der Waals surface area contributed by atoms with Gasteiger partial charge in [-0.25, -0.2) is 9.97 Å². The van der Waals surface area contributed by atoms with Gasteiger partial charge in [-0.15, -0.1) is 0 Å². The molecule has 0 saturated heterocycles. The summed E-state index contributed by atoms with van der Waals surface area (Å²) in [6.07, 6.45) is 3.52. The van der Waals surface area contributed by atoms with E-state index in [1.54, 1.807) is 12.4 Å². The average Bonchev–Trinajstić information content (AvgIpc) is 3.05. The SMILES string of the molecule is c1ccc(-c2cccc(COCCOCCOCCOCCOCCOCc3cccc(-c4ccccn4)n3)n2)nc1. The molecule has 4 heterocycles. The molecular weight excluding hydrogens is 536 g/mol. The number of hydrogen-bond acceptors (Lipinski definition) is 10. The lowest BCUT2D eigenvalue weighted by molar-refractivity contribution is -0.0188. The first-order valence-electron chi connectivity index (χ1n) is 14.1. The molecule has 0 fully saturated rings. The van der Waals surface area contributed by atoms with Gasteiger partial charge in [0, 0.05) is 12.4 Å². The first kappa shape index (κ1) is 31.3. The van der Waals surface area contributed by atoms with Gasteiger partial charge < -0.3 is 28.4 Å². The maximum Gasteiger partial charge on any atom is 0.0890 e. The standard InChI is InChI=1S/C32H38N4O6/c1-3-13-33-29(9-1)31-11-5-7-27(35-31)25-41-23-21-39-19-17-37-15-16-38-18-20-40-22-24-42-26-28-8-6-12-32(36-28)30-10-2-4-14-34-30/h1-14H,15-26H2. The van der Waals surface area contributed by atoms with Crippen LogP contribution in [0.3, 0.4) is 0 Å². The molecule has 0 aliphatic heterocycles. The van der Waals surface area contributed by atoms with Gasteiger partial charge in [0.1, 0.15) is 0 Å². The van der Waals surface area contributed by atoms with Crippen molar-refractivity contribution in [3.63, 3.8) is 0 Å². The van der Waals surface area contributed by atoms with Gasteiger partial charge in [-0.05, 0) is 48.5 Å². The van der Waals surface area contributed by atoms with Gasteiger partial charge in [0.25, 0.3) is 0 Å². The third-order valence-corrected chi connectivity index (χ3v) is 5.83. The Bertz CT molecular complexity index is 1170. The predicted molar refractivity (Wildman–Crippen MR) is 158 cm³/mol. The second kappa shape index (κ2) is 19.5. The Kier molecular flexibility index (Phi) is 14.5. The predicted octanol–water partition coefficient (Wildman–Crippen LogP) is 4.40.